The van der Waals surface area contributed by atoms with E-state index in [1.807, 2.05) is 55.5 Å². The quantitative estimate of drug-likeness (QED) is 0.724. The molecule has 0 saturated carbocycles. The maximum absolute atomic E-state index is 6.02. The molecule has 0 aliphatic heterocycles. The summed E-state index contributed by atoms with van der Waals surface area (Å²) in [5, 5.41) is 0. The van der Waals surface area contributed by atoms with Gasteiger partial charge < -0.3 is 19.1 Å². The minimum Gasteiger partial charge on any atom is -0.497 e. The number of nitrogens with zero attached hydrogens (tertiary/aromatic N) is 1. The minimum absolute atomic E-state index is 0.131. The van der Waals surface area contributed by atoms with Crippen molar-refractivity contribution >= 4 is 5.69 Å². The van der Waals surface area contributed by atoms with E-state index in [1.165, 1.54) is 0 Å². The van der Waals surface area contributed by atoms with Crippen LogP contribution in [0.1, 0.15) is 13.8 Å². The highest BCUT2D eigenvalue weighted by atomic mass is 16.5. The highest BCUT2D eigenvalue weighted by molar-refractivity contribution is 5.62. The van der Waals surface area contributed by atoms with E-state index in [0.29, 0.717) is 0 Å². The van der Waals surface area contributed by atoms with Crippen LogP contribution >= 0.6 is 0 Å². The summed E-state index contributed by atoms with van der Waals surface area (Å²) >= 11 is 0. The average molecular weight is 301 g/mol. The lowest BCUT2D eigenvalue weighted by atomic mass is 10.2. The van der Waals surface area contributed by atoms with Crippen LogP contribution < -0.4 is 19.1 Å². The summed E-state index contributed by atoms with van der Waals surface area (Å²) in [7, 11) is 3.33. The first-order valence-electron chi connectivity index (χ1n) is 7.40. The zero-order valence-electron chi connectivity index (χ0n) is 13.6. The van der Waals surface area contributed by atoms with Gasteiger partial charge in [0.1, 0.15) is 17.2 Å². The Balaban J connectivity index is 2.26. The van der Waals surface area contributed by atoms with Crippen LogP contribution in [0.5, 0.6) is 17.2 Å². The van der Waals surface area contributed by atoms with Gasteiger partial charge in [-0.1, -0.05) is 18.2 Å². The van der Waals surface area contributed by atoms with Crippen molar-refractivity contribution in [2.45, 2.75) is 20.1 Å². The molecule has 0 bridgehead atoms. The standard InChI is InChI=1S/C18H23NO3/c1-5-19(14(2)22-15-9-7-6-8-10-15)17-13-16(20-3)11-12-18(17)21-4/h6-14H,5H2,1-4H3. The Hall–Kier alpha value is -2.36. The second kappa shape index (κ2) is 7.59. The molecule has 2 rings (SSSR count). The maximum Gasteiger partial charge on any atom is 0.169 e. The van der Waals surface area contributed by atoms with Gasteiger partial charge in [0.05, 0.1) is 19.9 Å². The van der Waals surface area contributed by atoms with Gasteiger partial charge in [-0.05, 0) is 38.1 Å². The fraction of sp³-hybridized carbons (Fsp3) is 0.333. The van der Waals surface area contributed by atoms with E-state index in [1.54, 1.807) is 14.2 Å². The van der Waals surface area contributed by atoms with Gasteiger partial charge in [0.15, 0.2) is 6.23 Å². The van der Waals surface area contributed by atoms with Crippen molar-refractivity contribution in [3.05, 3.63) is 48.5 Å². The van der Waals surface area contributed by atoms with Crippen molar-refractivity contribution in [3.63, 3.8) is 0 Å². The molecule has 0 aliphatic rings. The summed E-state index contributed by atoms with van der Waals surface area (Å²) in [6.45, 7) is 4.90. The van der Waals surface area contributed by atoms with Gasteiger partial charge in [-0.2, -0.15) is 0 Å². The molecule has 0 fully saturated rings. The first-order valence-corrected chi connectivity index (χ1v) is 7.40. The van der Waals surface area contributed by atoms with Gasteiger partial charge in [-0.3, -0.25) is 0 Å². The predicted molar refractivity (Wildman–Crippen MR) is 89.1 cm³/mol. The van der Waals surface area contributed by atoms with E-state index in [0.717, 1.165) is 29.5 Å². The summed E-state index contributed by atoms with van der Waals surface area (Å²) in [4.78, 5) is 2.13. The van der Waals surface area contributed by atoms with Crippen LogP contribution in [0.25, 0.3) is 0 Å². The Morgan fingerprint density at radius 3 is 2.27 bits per heavy atom. The number of methoxy groups -OCH3 is 2. The van der Waals surface area contributed by atoms with Crippen molar-refractivity contribution in [1.82, 2.24) is 0 Å². The molecule has 0 amide bonds. The zero-order chi connectivity index (χ0) is 15.9. The second-order valence-corrected chi connectivity index (χ2v) is 4.85. The molecule has 4 heteroatoms. The third-order valence-corrected chi connectivity index (χ3v) is 3.52. The van der Waals surface area contributed by atoms with Crippen LogP contribution in [-0.2, 0) is 0 Å². The fourth-order valence-electron chi connectivity index (χ4n) is 2.40. The maximum atomic E-state index is 6.02. The van der Waals surface area contributed by atoms with Gasteiger partial charge in [-0.15, -0.1) is 0 Å². The van der Waals surface area contributed by atoms with Crippen LogP contribution in [0.15, 0.2) is 48.5 Å². The summed E-state index contributed by atoms with van der Waals surface area (Å²) < 4.78 is 16.8. The zero-order valence-corrected chi connectivity index (χ0v) is 13.6. The fourth-order valence-corrected chi connectivity index (χ4v) is 2.40. The monoisotopic (exact) mass is 301 g/mol. The van der Waals surface area contributed by atoms with Crippen LogP contribution in [-0.4, -0.2) is 27.0 Å². The number of benzene rings is 2. The topological polar surface area (TPSA) is 30.9 Å². The predicted octanol–water partition coefficient (Wildman–Crippen LogP) is 3.96. The number of rotatable bonds is 7. The summed E-state index contributed by atoms with van der Waals surface area (Å²) in [5.41, 5.74) is 0.952. The van der Waals surface area contributed by atoms with E-state index in [4.69, 9.17) is 14.2 Å². The molecule has 0 radical (unpaired) electrons. The van der Waals surface area contributed by atoms with Crippen LogP contribution in [0, 0.1) is 0 Å². The summed E-state index contributed by atoms with van der Waals surface area (Å²) in [6.07, 6.45) is -0.131. The third kappa shape index (κ3) is 3.64. The first-order chi connectivity index (χ1) is 10.7. The number of para-hydroxylation sites is 1. The molecular formula is C18H23NO3. The highest BCUT2D eigenvalue weighted by Crippen LogP contribution is 2.33. The molecule has 0 N–H and O–H groups in total. The lowest BCUT2D eigenvalue weighted by Gasteiger charge is -2.31. The Bertz CT molecular complexity index is 586. The van der Waals surface area contributed by atoms with Crippen molar-refractivity contribution in [1.29, 1.82) is 0 Å². The number of hydrogen-bond acceptors (Lipinski definition) is 4. The lowest BCUT2D eigenvalue weighted by Crippen LogP contribution is -2.37. The van der Waals surface area contributed by atoms with E-state index >= 15 is 0 Å². The van der Waals surface area contributed by atoms with Gasteiger partial charge in [0.2, 0.25) is 0 Å². The average Bonchev–Trinajstić information content (AvgIpc) is 2.56. The Morgan fingerprint density at radius 2 is 1.68 bits per heavy atom. The Labute approximate surface area is 132 Å². The smallest absolute Gasteiger partial charge is 0.169 e. The molecule has 0 aliphatic carbocycles. The first kappa shape index (κ1) is 16.0. The van der Waals surface area contributed by atoms with E-state index < -0.39 is 0 Å². The van der Waals surface area contributed by atoms with Gasteiger partial charge in [0.25, 0.3) is 0 Å². The molecule has 0 saturated heterocycles. The molecule has 1 atom stereocenters. The molecule has 22 heavy (non-hydrogen) atoms. The summed E-state index contributed by atoms with van der Waals surface area (Å²) in [6, 6.07) is 15.6. The lowest BCUT2D eigenvalue weighted by molar-refractivity contribution is 0.215. The number of hydrogen-bond donors (Lipinski definition) is 0. The second-order valence-electron chi connectivity index (χ2n) is 4.85. The molecule has 4 nitrogen and oxygen atoms in total. The van der Waals surface area contributed by atoms with Crippen LogP contribution in [0.3, 0.4) is 0 Å². The molecule has 0 heterocycles. The van der Waals surface area contributed by atoms with Gasteiger partial charge in [-0.25, -0.2) is 0 Å². The molecule has 2 aromatic rings. The Kier molecular flexibility index (Phi) is 5.53. The van der Waals surface area contributed by atoms with Crippen LogP contribution in [0.4, 0.5) is 5.69 Å². The number of anilines is 1. The molecule has 0 aromatic heterocycles. The number of ether oxygens (including phenoxy) is 3. The van der Waals surface area contributed by atoms with E-state index in [-0.39, 0.29) is 6.23 Å². The molecule has 2 aromatic carbocycles. The summed E-state index contributed by atoms with van der Waals surface area (Å²) in [5.74, 6) is 2.43. The normalized spacial score (nSPS) is 11.6. The Morgan fingerprint density at radius 1 is 0.955 bits per heavy atom. The molecule has 1 unspecified atom stereocenters. The third-order valence-electron chi connectivity index (χ3n) is 3.52. The highest BCUT2D eigenvalue weighted by Gasteiger charge is 2.19. The van der Waals surface area contributed by atoms with Crippen LogP contribution in [0.2, 0.25) is 0 Å². The van der Waals surface area contributed by atoms with Crippen molar-refractivity contribution in [2.75, 3.05) is 25.7 Å². The molecule has 0 spiro atoms. The van der Waals surface area contributed by atoms with Crippen molar-refractivity contribution < 1.29 is 14.2 Å². The van der Waals surface area contributed by atoms with E-state index in [9.17, 15) is 0 Å². The van der Waals surface area contributed by atoms with E-state index in [2.05, 4.69) is 11.8 Å². The van der Waals surface area contributed by atoms with Crippen molar-refractivity contribution in [3.8, 4) is 17.2 Å². The largest absolute Gasteiger partial charge is 0.497 e. The van der Waals surface area contributed by atoms with Crippen molar-refractivity contribution in [2.24, 2.45) is 0 Å². The SMILES string of the molecule is CCN(c1cc(OC)ccc1OC)C(C)Oc1ccccc1. The molecule has 118 valence electrons. The van der Waals surface area contributed by atoms with Gasteiger partial charge in [0, 0.05) is 12.6 Å². The van der Waals surface area contributed by atoms with Gasteiger partial charge >= 0.3 is 0 Å². The molecular weight excluding hydrogens is 278 g/mol. The minimum atomic E-state index is -0.131.